The van der Waals surface area contributed by atoms with E-state index < -0.39 is 17.5 Å². The first-order valence-electron chi connectivity index (χ1n) is 8.99. The van der Waals surface area contributed by atoms with Crippen molar-refractivity contribution in [2.75, 3.05) is 7.05 Å². The molecule has 0 N–H and O–H groups in total. The molecule has 2 saturated heterocycles. The summed E-state index contributed by atoms with van der Waals surface area (Å²) in [5, 5.41) is 9.89. The van der Waals surface area contributed by atoms with Gasteiger partial charge in [0.25, 0.3) is 0 Å². The average molecular weight is 337 g/mol. The van der Waals surface area contributed by atoms with Crippen LogP contribution >= 0.6 is 0 Å². The Morgan fingerprint density at radius 3 is 2.64 bits per heavy atom. The molecule has 4 atom stereocenters. The summed E-state index contributed by atoms with van der Waals surface area (Å²) in [4.78, 5) is 29.0. The van der Waals surface area contributed by atoms with Crippen LogP contribution in [0.25, 0.3) is 0 Å². The van der Waals surface area contributed by atoms with Crippen molar-refractivity contribution in [3.05, 3.63) is 34.9 Å². The molecular weight excluding hydrogens is 314 g/mol. The maximum atomic E-state index is 13.0. The van der Waals surface area contributed by atoms with Crippen molar-refractivity contribution < 1.29 is 9.59 Å². The second kappa shape index (κ2) is 5.32. The summed E-state index contributed by atoms with van der Waals surface area (Å²) in [6, 6.07) is 7.38. The fraction of sp³-hybridized carbons (Fsp3) is 0.550. The van der Waals surface area contributed by atoms with Gasteiger partial charge in [0.15, 0.2) is 0 Å². The highest BCUT2D eigenvalue weighted by atomic mass is 16.2. The average Bonchev–Trinajstić information content (AvgIpc) is 3.20. The third kappa shape index (κ3) is 2.13. The highest BCUT2D eigenvalue weighted by Crippen LogP contribution is 2.52. The van der Waals surface area contributed by atoms with Gasteiger partial charge in [-0.05, 0) is 56.2 Å². The summed E-state index contributed by atoms with van der Waals surface area (Å²) >= 11 is 0. The Labute approximate surface area is 148 Å². The lowest BCUT2D eigenvalue weighted by Gasteiger charge is -2.42. The van der Waals surface area contributed by atoms with E-state index in [4.69, 9.17) is 0 Å². The van der Waals surface area contributed by atoms with Crippen LogP contribution in [0.3, 0.4) is 0 Å². The summed E-state index contributed by atoms with van der Waals surface area (Å²) in [6.07, 6.45) is 3.70. The van der Waals surface area contributed by atoms with Gasteiger partial charge in [-0.25, -0.2) is 0 Å². The van der Waals surface area contributed by atoms with E-state index in [0.29, 0.717) is 6.42 Å². The topological polar surface area (TPSA) is 64.4 Å². The van der Waals surface area contributed by atoms with E-state index in [1.54, 1.807) is 18.9 Å². The molecule has 1 aromatic rings. The summed E-state index contributed by atoms with van der Waals surface area (Å²) in [6.45, 7) is 3.65. The lowest BCUT2D eigenvalue weighted by molar-refractivity contribution is -0.159. The Hall–Kier alpha value is -2.35. The number of nitriles is 1. The zero-order valence-corrected chi connectivity index (χ0v) is 15.0. The lowest BCUT2D eigenvalue weighted by Crippen LogP contribution is -2.60. The zero-order valence-electron chi connectivity index (χ0n) is 15.0. The smallest absolute Gasteiger partial charge is 0.246 e. The largest absolute Gasteiger partial charge is 0.332 e. The predicted molar refractivity (Wildman–Crippen MR) is 92.4 cm³/mol. The molecule has 0 bridgehead atoms. The normalized spacial score (nSPS) is 34.1. The van der Waals surface area contributed by atoms with Crippen molar-refractivity contribution in [2.24, 2.45) is 5.41 Å². The first-order valence-corrected chi connectivity index (χ1v) is 8.99. The maximum Gasteiger partial charge on any atom is 0.246 e. The Morgan fingerprint density at radius 1 is 1.20 bits per heavy atom. The van der Waals surface area contributed by atoms with Crippen LogP contribution < -0.4 is 0 Å². The molecule has 5 nitrogen and oxygen atoms in total. The second-order valence-electron chi connectivity index (χ2n) is 7.90. The van der Waals surface area contributed by atoms with E-state index in [0.717, 1.165) is 24.8 Å². The highest BCUT2D eigenvalue weighted by Gasteiger charge is 2.58. The van der Waals surface area contributed by atoms with Crippen LogP contribution in [0, 0.1) is 16.7 Å². The van der Waals surface area contributed by atoms with Crippen LogP contribution in [0.15, 0.2) is 18.2 Å². The maximum absolute atomic E-state index is 13.0. The molecule has 130 valence electrons. The molecule has 0 aromatic heterocycles. The van der Waals surface area contributed by atoms with Crippen molar-refractivity contribution in [2.45, 2.75) is 57.7 Å². The summed E-state index contributed by atoms with van der Waals surface area (Å²) in [5.74, 6) is -0.117. The van der Waals surface area contributed by atoms with Crippen molar-refractivity contribution >= 4 is 11.8 Å². The van der Waals surface area contributed by atoms with E-state index in [2.05, 4.69) is 18.2 Å². The van der Waals surface area contributed by atoms with Crippen LogP contribution in [-0.4, -0.2) is 40.7 Å². The fourth-order valence-electron chi connectivity index (χ4n) is 4.79. The van der Waals surface area contributed by atoms with Gasteiger partial charge in [0, 0.05) is 7.05 Å². The fourth-order valence-corrected chi connectivity index (χ4v) is 4.79. The highest BCUT2D eigenvalue weighted by molar-refractivity contribution is 5.97. The third-order valence-electron chi connectivity index (χ3n) is 6.35. The molecule has 1 aromatic carbocycles. The molecule has 0 saturated carbocycles. The number of likely N-dealkylation sites (N-methyl/N-ethyl adjacent to an activating group) is 1. The number of nitrogens with zero attached hydrogens (tertiary/aromatic N) is 3. The summed E-state index contributed by atoms with van der Waals surface area (Å²) in [5.41, 5.74) is 2.92. The van der Waals surface area contributed by atoms with Crippen molar-refractivity contribution in [3.63, 3.8) is 0 Å². The number of piperazine rings is 1. The first kappa shape index (κ1) is 16.1. The standard InChI is InChI=1S/C20H23N3O2/c1-12-18(24)23-16(19(25)22(12)3)10-20(2,11-21)17(23)15-8-7-13-5-4-6-14(13)9-15/h7-9,12,16-17H,4-6,10H2,1-3H3/t12-,16+,17?,20-/m1/s1. The van der Waals surface area contributed by atoms with Crippen LogP contribution in [0.2, 0.25) is 0 Å². The third-order valence-corrected chi connectivity index (χ3v) is 6.35. The molecule has 1 aliphatic carbocycles. The Morgan fingerprint density at radius 2 is 1.92 bits per heavy atom. The van der Waals surface area contributed by atoms with Gasteiger partial charge < -0.3 is 9.80 Å². The van der Waals surface area contributed by atoms with Gasteiger partial charge in [-0.1, -0.05) is 18.2 Å². The minimum atomic E-state index is -0.756. The summed E-state index contributed by atoms with van der Waals surface area (Å²) < 4.78 is 0. The number of hydrogen-bond donors (Lipinski definition) is 0. The zero-order chi connectivity index (χ0) is 17.9. The number of hydrogen-bond acceptors (Lipinski definition) is 3. The minimum absolute atomic E-state index is 0.0581. The molecule has 0 spiro atoms. The van der Waals surface area contributed by atoms with E-state index in [9.17, 15) is 14.9 Å². The Bertz CT molecular complexity index is 812. The van der Waals surface area contributed by atoms with Crippen LogP contribution in [0.5, 0.6) is 0 Å². The molecule has 1 unspecified atom stereocenters. The monoisotopic (exact) mass is 337 g/mol. The Kier molecular flexibility index (Phi) is 3.44. The van der Waals surface area contributed by atoms with Crippen LogP contribution in [0.1, 0.15) is 49.4 Å². The molecule has 25 heavy (non-hydrogen) atoms. The van der Waals surface area contributed by atoms with Crippen LogP contribution in [-0.2, 0) is 22.4 Å². The van der Waals surface area contributed by atoms with E-state index in [-0.39, 0.29) is 17.9 Å². The van der Waals surface area contributed by atoms with Gasteiger partial charge in [-0.2, -0.15) is 5.26 Å². The number of benzene rings is 1. The molecule has 0 radical (unpaired) electrons. The number of carbonyl (C=O) groups is 2. The predicted octanol–water partition coefficient (Wildman–Crippen LogP) is 2.21. The Balaban J connectivity index is 1.83. The lowest BCUT2D eigenvalue weighted by atomic mass is 9.79. The molecule has 2 fully saturated rings. The quantitative estimate of drug-likeness (QED) is 0.789. The number of carbonyl (C=O) groups excluding carboxylic acids is 2. The summed E-state index contributed by atoms with van der Waals surface area (Å²) in [7, 11) is 1.68. The SMILES string of the molecule is C[C@@H]1C(=O)N2C(c3ccc4c(c3)CCC4)[C@@](C)(C#N)C[C@H]2C(=O)N1C. The molecule has 2 amide bonds. The van der Waals surface area contributed by atoms with Gasteiger partial charge in [-0.15, -0.1) is 0 Å². The number of amides is 2. The number of aryl methyl sites for hydroxylation is 2. The van der Waals surface area contributed by atoms with Gasteiger partial charge in [0.1, 0.15) is 12.1 Å². The van der Waals surface area contributed by atoms with Gasteiger partial charge in [0.05, 0.1) is 17.5 Å². The number of fused-ring (bicyclic) bond motifs is 2. The van der Waals surface area contributed by atoms with E-state index in [1.165, 1.54) is 16.0 Å². The molecular formula is C20H23N3O2. The molecule has 4 rings (SSSR count). The molecule has 2 heterocycles. The van der Waals surface area contributed by atoms with E-state index in [1.807, 2.05) is 13.0 Å². The minimum Gasteiger partial charge on any atom is -0.332 e. The first-order chi connectivity index (χ1) is 11.9. The van der Waals surface area contributed by atoms with E-state index >= 15 is 0 Å². The van der Waals surface area contributed by atoms with Crippen molar-refractivity contribution in [3.8, 4) is 6.07 Å². The van der Waals surface area contributed by atoms with Gasteiger partial charge >= 0.3 is 0 Å². The second-order valence-corrected chi connectivity index (χ2v) is 7.90. The molecule has 3 aliphatic rings. The van der Waals surface area contributed by atoms with Gasteiger partial charge in [0.2, 0.25) is 11.8 Å². The number of rotatable bonds is 1. The van der Waals surface area contributed by atoms with Gasteiger partial charge in [-0.3, -0.25) is 9.59 Å². The van der Waals surface area contributed by atoms with Crippen molar-refractivity contribution in [1.29, 1.82) is 5.26 Å². The molecule has 5 heteroatoms. The van der Waals surface area contributed by atoms with Crippen LogP contribution in [0.4, 0.5) is 0 Å². The molecule has 2 aliphatic heterocycles. The van der Waals surface area contributed by atoms with Crippen molar-refractivity contribution in [1.82, 2.24) is 9.80 Å².